The zero-order valence-corrected chi connectivity index (χ0v) is 16.6. The number of benzene rings is 1. The Kier molecular flexibility index (Phi) is 4.92. The number of hydrogen-bond acceptors (Lipinski definition) is 4. The second-order valence-electron chi connectivity index (χ2n) is 7.54. The lowest BCUT2D eigenvalue weighted by molar-refractivity contribution is -0.117. The third-order valence-corrected chi connectivity index (χ3v) is 6.60. The van der Waals surface area contributed by atoms with Crippen molar-refractivity contribution in [3.8, 4) is 6.07 Å². The fraction of sp³-hybridized carbons (Fsp3) is 0.409. The normalized spacial score (nSPS) is 19.1. The summed E-state index contributed by atoms with van der Waals surface area (Å²) in [5.41, 5.74) is 5.13. The van der Waals surface area contributed by atoms with Crippen LogP contribution >= 0.6 is 11.8 Å². The highest BCUT2D eigenvalue weighted by Gasteiger charge is 2.29. The molecule has 4 nitrogen and oxygen atoms in total. The van der Waals surface area contributed by atoms with E-state index in [0.29, 0.717) is 16.5 Å². The van der Waals surface area contributed by atoms with E-state index in [4.69, 9.17) is 4.98 Å². The predicted molar refractivity (Wildman–Crippen MR) is 108 cm³/mol. The Morgan fingerprint density at radius 1 is 1.33 bits per heavy atom. The minimum absolute atomic E-state index is 0.0852. The summed E-state index contributed by atoms with van der Waals surface area (Å²) < 4.78 is 0. The minimum atomic E-state index is -0.281. The van der Waals surface area contributed by atoms with Crippen molar-refractivity contribution in [1.82, 2.24) is 4.98 Å². The monoisotopic (exact) mass is 377 g/mol. The molecule has 2 aromatic rings. The van der Waals surface area contributed by atoms with Crippen molar-refractivity contribution < 1.29 is 4.79 Å². The summed E-state index contributed by atoms with van der Waals surface area (Å²) in [4.78, 5) is 19.7. The summed E-state index contributed by atoms with van der Waals surface area (Å²) in [5.74, 6) is 0.724. The average molecular weight is 378 g/mol. The van der Waals surface area contributed by atoms with Gasteiger partial charge in [-0.2, -0.15) is 5.26 Å². The molecule has 0 spiro atoms. The molecule has 0 saturated heterocycles. The smallest absolute Gasteiger partial charge is 0.240 e. The Balaban J connectivity index is 1.56. The number of rotatable bonds is 3. The first kappa shape index (κ1) is 18.1. The average Bonchev–Trinajstić information content (AvgIpc) is 3.11. The van der Waals surface area contributed by atoms with E-state index in [1.807, 2.05) is 36.1 Å². The molecular weight excluding hydrogens is 354 g/mol. The van der Waals surface area contributed by atoms with Crippen molar-refractivity contribution >= 4 is 23.4 Å². The SMILES string of the molecule is CC1CCc2nc(SC(C)C(=O)N3CCc4ccccc43)c(C#N)cc2C1. The number of hydrogen-bond donors (Lipinski definition) is 0. The molecule has 0 bridgehead atoms. The second-order valence-corrected chi connectivity index (χ2v) is 8.86. The van der Waals surface area contributed by atoms with E-state index in [-0.39, 0.29) is 11.2 Å². The van der Waals surface area contributed by atoms with Gasteiger partial charge in [0.25, 0.3) is 0 Å². The van der Waals surface area contributed by atoms with Crippen LogP contribution in [0.25, 0.3) is 0 Å². The van der Waals surface area contributed by atoms with Crippen LogP contribution in [0, 0.1) is 17.2 Å². The minimum Gasteiger partial charge on any atom is -0.311 e. The van der Waals surface area contributed by atoms with E-state index in [1.54, 1.807) is 0 Å². The van der Waals surface area contributed by atoms with Gasteiger partial charge in [0.2, 0.25) is 5.91 Å². The van der Waals surface area contributed by atoms with Crippen LogP contribution in [0.4, 0.5) is 5.69 Å². The van der Waals surface area contributed by atoms with E-state index >= 15 is 0 Å². The number of amides is 1. The lowest BCUT2D eigenvalue weighted by atomic mass is 9.87. The van der Waals surface area contributed by atoms with Crippen molar-refractivity contribution in [2.75, 3.05) is 11.4 Å². The van der Waals surface area contributed by atoms with Crippen molar-refractivity contribution in [3.63, 3.8) is 0 Å². The molecule has 0 radical (unpaired) electrons. The van der Waals surface area contributed by atoms with Gasteiger partial charge < -0.3 is 4.90 Å². The van der Waals surface area contributed by atoms with Crippen molar-refractivity contribution in [2.24, 2.45) is 5.92 Å². The molecule has 0 N–H and O–H groups in total. The molecule has 1 aromatic carbocycles. The Labute approximate surface area is 164 Å². The Morgan fingerprint density at radius 3 is 2.96 bits per heavy atom. The van der Waals surface area contributed by atoms with Gasteiger partial charge in [-0.25, -0.2) is 4.98 Å². The third-order valence-electron chi connectivity index (χ3n) is 5.51. The molecule has 1 aliphatic heterocycles. The topological polar surface area (TPSA) is 57.0 Å². The third kappa shape index (κ3) is 3.46. The number of nitrogens with zero attached hydrogens (tertiary/aromatic N) is 3. The number of carbonyl (C=O) groups is 1. The fourth-order valence-electron chi connectivity index (χ4n) is 4.00. The van der Waals surface area contributed by atoms with E-state index in [9.17, 15) is 10.1 Å². The molecule has 2 heterocycles. The van der Waals surface area contributed by atoms with Gasteiger partial charge >= 0.3 is 0 Å². The first-order valence-corrected chi connectivity index (χ1v) is 10.4. The lowest BCUT2D eigenvalue weighted by Gasteiger charge is -2.23. The molecule has 4 rings (SSSR count). The van der Waals surface area contributed by atoms with Gasteiger partial charge in [0.15, 0.2) is 0 Å². The summed E-state index contributed by atoms with van der Waals surface area (Å²) in [6, 6.07) is 12.4. The zero-order valence-electron chi connectivity index (χ0n) is 15.7. The molecule has 138 valence electrons. The number of carbonyl (C=O) groups excluding carboxylic acids is 1. The van der Waals surface area contributed by atoms with Crippen LogP contribution in [-0.4, -0.2) is 22.7 Å². The van der Waals surface area contributed by atoms with E-state index in [0.717, 1.165) is 43.6 Å². The number of anilines is 1. The van der Waals surface area contributed by atoms with Crippen LogP contribution in [0.5, 0.6) is 0 Å². The zero-order chi connectivity index (χ0) is 19.0. The maximum Gasteiger partial charge on any atom is 0.240 e. The number of fused-ring (bicyclic) bond motifs is 2. The maximum atomic E-state index is 13.0. The van der Waals surface area contributed by atoms with E-state index in [1.165, 1.54) is 22.9 Å². The number of nitriles is 1. The highest BCUT2D eigenvalue weighted by Crippen LogP contribution is 2.34. The molecule has 1 amide bonds. The van der Waals surface area contributed by atoms with Crippen LogP contribution in [0.3, 0.4) is 0 Å². The van der Waals surface area contributed by atoms with Gasteiger partial charge in [0, 0.05) is 17.9 Å². The molecular formula is C22H23N3OS. The number of thioether (sulfide) groups is 1. The van der Waals surface area contributed by atoms with Gasteiger partial charge in [-0.1, -0.05) is 36.9 Å². The summed E-state index contributed by atoms with van der Waals surface area (Å²) in [7, 11) is 0. The number of aryl methyl sites for hydroxylation is 1. The van der Waals surface area contributed by atoms with Gasteiger partial charge in [-0.3, -0.25) is 4.79 Å². The molecule has 27 heavy (non-hydrogen) atoms. The summed E-state index contributed by atoms with van der Waals surface area (Å²) >= 11 is 1.41. The fourth-order valence-corrected chi connectivity index (χ4v) is 4.96. The second kappa shape index (κ2) is 7.36. The molecule has 0 fully saturated rings. The Bertz CT molecular complexity index is 934. The highest BCUT2D eigenvalue weighted by atomic mass is 32.2. The van der Waals surface area contributed by atoms with Crippen LogP contribution in [0.1, 0.15) is 42.7 Å². The largest absolute Gasteiger partial charge is 0.311 e. The predicted octanol–water partition coefficient (Wildman–Crippen LogP) is 4.15. The van der Waals surface area contributed by atoms with Crippen LogP contribution in [0.15, 0.2) is 35.4 Å². The summed E-state index contributed by atoms with van der Waals surface area (Å²) in [6.45, 7) is 4.88. The van der Waals surface area contributed by atoms with Gasteiger partial charge in [0.1, 0.15) is 11.1 Å². The van der Waals surface area contributed by atoms with Crippen molar-refractivity contribution in [3.05, 3.63) is 52.7 Å². The van der Waals surface area contributed by atoms with Gasteiger partial charge in [-0.15, -0.1) is 0 Å². The molecule has 2 unspecified atom stereocenters. The first-order valence-electron chi connectivity index (χ1n) is 9.55. The molecule has 2 aliphatic rings. The number of para-hydroxylation sites is 1. The standard InChI is InChI=1S/C22H23N3OS/c1-14-7-8-19-17(11-14)12-18(13-23)21(24-19)27-15(2)22(26)25-10-9-16-5-3-4-6-20(16)25/h3-6,12,14-15H,7-11H2,1-2H3. The molecule has 5 heteroatoms. The quantitative estimate of drug-likeness (QED) is 0.754. The van der Waals surface area contributed by atoms with Crippen LogP contribution in [-0.2, 0) is 24.1 Å². The summed E-state index contributed by atoms with van der Waals surface area (Å²) in [5, 5.41) is 9.99. The van der Waals surface area contributed by atoms with Crippen molar-refractivity contribution in [1.29, 1.82) is 5.26 Å². The Morgan fingerprint density at radius 2 is 2.15 bits per heavy atom. The van der Waals surface area contributed by atoms with Crippen LogP contribution < -0.4 is 4.90 Å². The highest BCUT2D eigenvalue weighted by molar-refractivity contribution is 8.00. The molecule has 0 saturated carbocycles. The van der Waals surface area contributed by atoms with E-state index < -0.39 is 0 Å². The van der Waals surface area contributed by atoms with Gasteiger partial charge in [-0.05, 0) is 61.8 Å². The lowest BCUT2D eigenvalue weighted by Crippen LogP contribution is -2.35. The van der Waals surface area contributed by atoms with Gasteiger partial charge in [0.05, 0.1) is 10.8 Å². The van der Waals surface area contributed by atoms with Crippen LogP contribution in [0.2, 0.25) is 0 Å². The van der Waals surface area contributed by atoms with Crippen molar-refractivity contribution in [2.45, 2.75) is 49.8 Å². The summed E-state index contributed by atoms with van der Waals surface area (Å²) in [6.07, 6.45) is 3.98. The molecule has 1 aromatic heterocycles. The number of pyridine rings is 1. The molecule has 2 atom stereocenters. The Hall–Kier alpha value is -2.32. The first-order chi connectivity index (χ1) is 13.1. The molecule has 1 aliphatic carbocycles. The number of aromatic nitrogens is 1. The van der Waals surface area contributed by atoms with E-state index in [2.05, 4.69) is 19.1 Å². The maximum absolute atomic E-state index is 13.0.